The fourth-order valence-electron chi connectivity index (χ4n) is 1.80. The molecule has 2 rings (SSSR count). The number of rotatable bonds is 5. The van der Waals surface area contributed by atoms with E-state index in [9.17, 15) is 0 Å². The van der Waals surface area contributed by atoms with Gasteiger partial charge in [-0.25, -0.2) is 4.98 Å². The zero-order valence-corrected chi connectivity index (χ0v) is 17.3. The van der Waals surface area contributed by atoms with Gasteiger partial charge in [0.25, 0.3) is 0 Å². The first-order valence-corrected chi connectivity index (χ1v) is 8.78. The third-order valence-corrected chi connectivity index (χ3v) is 5.07. The molecule has 0 aliphatic carbocycles. The van der Waals surface area contributed by atoms with Gasteiger partial charge in [-0.3, -0.25) is 4.99 Å². The van der Waals surface area contributed by atoms with Crippen LogP contribution in [-0.4, -0.2) is 18.0 Å². The average Bonchev–Trinajstić information content (AvgIpc) is 3.08. The second-order valence-electron chi connectivity index (χ2n) is 5.13. The van der Waals surface area contributed by atoms with Crippen LogP contribution in [0.5, 0.6) is 0 Å². The summed E-state index contributed by atoms with van der Waals surface area (Å²) in [6.07, 6.45) is 0. The van der Waals surface area contributed by atoms with E-state index in [1.54, 1.807) is 29.7 Å². The molecule has 2 aromatic heterocycles. The van der Waals surface area contributed by atoms with Crippen LogP contribution in [0.15, 0.2) is 21.8 Å². The van der Waals surface area contributed by atoms with Crippen LogP contribution in [0, 0.1) is 6.92 Å². The third kappa shape index (κ3) is 5.51. The Kier molecular flexibility index (Phi) is 8.34. The molecule has 7 heteroatoms. The molecule has 0 saturated carbocycles. The van der Waals surface area contributed by atoms with E-state index in [1.807, 2.05) is 0 Å². The Hall–Kier alpha value is -0.670. The number of hydrogen-bond acceptors (Lipinski definition) is 4. The average molecular weight is 450 g/mol. The number of nitrogens with one attached hydrogen (secondary N) is 2. The summed E-state index contributed by atoms with van der Waals surface area (Å²) >= 11 is 3.46. The molecule has 0 aliphatic rings. The molecule has 0 bridgehead atoms. The number of nitrogens with zero attached hydrogens (tertiary/aromatic N) is 2. The highest BCUT2D eigenvalue weighted by atomic mass is 127. The molecule has 0 spiro atoms. The van der Waals surface area contributed by atoms with Crippen LogP contribution in [0.1, 0.15) is 40.9 Å². The highest BCUT2D eigenvalue weighted by molar-refractivity contribution is 14.0. The minimum atomic E-state index is 0. The van der Waals surface area contributed by atoms with Crippen molar-refractivity contribution in [2.24, 2.45) is 4.99 Å². The van der Waals surface area contributed by atoms with E-state index in [1.165, 1.54) is 10.4 Å². The van der Waals surface area contributed by atoms with E-state index < -0.39 is 0 Å². The molecule has 122 valence electrons. The summed E-state index contributed by atoms with van der Waals surface area (Å²) in [5.41, 5.74) is 2.48. The second-order valence-corrected chi connectivity index (χ2v) is 7.07. The highest BCUT2D eigenvalue weighted by Gasteiger charge is 2.07. The van der Waals surface area contributed by atoms with E-state index in [4.69, 9.17) is 0 Å². The van der Waals surface area contributed by atoms with Crippen LogP contribution in [0.25, 0.3) is 0 Å². The van der Waals surface area contributed by atoms with E-state index >= 15 is 0 Å². The van der Waals surface area contributed by atoms with Gasteiger partial charge in [-0.05, 0) is 29.9 Å². The van der Waals surface area contributed by atoms with Gasteiger partial charge in [0.15, 0.2) is 5.96 Å². The Bertz CT molecular complexity index is 604. The summed E-state index contributed by atoms with van der Waals surface area (Å²) in [5.74, 6) is 1.29. The van der Waals surface area contributed by atoms with Gasteiger partial charge < -0.3 is 10.6 Å². The summed E-state index contributed by atoms with van der Waals surface area (Å²) in [6, 6.07) is 2.14. The lowest BCUT2D eigenvalue weighted by Crippen LogP contribution is -2.36. The molecule has 0 radical (unpaired) electrons. The molecule has 2 heterocycles. The van der Waals surface area contributed by atoms with Crippen LogP contribution >= 0.6 is 46.7 Å². The predicted octanol–water partition coefficient (Wildman–Crippen LogP) is 4.12. The maximum Gasteiger partial charge on any atom is 0.191 e. The van der Waals surface area contributed by atoms with Crippen LogP contribution < -0.4 is 10.6 Å². The molecule has 0 fully saturated rings. The minimum Gasteiger partial charge on any atom is -0.352 e. The van der Waals surface area contributed by atoms with Crippen molar-refractivity contribution in [3.05, 3.63) is 38.0 Å². The standard InChI is InChI=1S/C15H22N4S2.HI/c1-10(2)12-9-21-14(19-12)8-18-15(16-4)17-7-13-11(3)5-6-20-13;/h5-6,9-10H,7-8H2,1-4H3,(H2,16,17,18);1H. The number of thiophene rings is 1. The summed E-state index contributed by atoms with van der Waals surface area (Å²) in [6.45, 7) is 7.97. The molecule has 2 N–H and O–H groups in total. The zero-order valence-electron chi connectivity index (χ0n) is 13.3. The Balaban J connectivity index is 0.00000242. The van der Waals surface area contributed by atoms with E-state index in [0.29, 0.717) is 12.5 Å². The van der Waals surface area contributed by atoms with Crippen LogP contribution in [-0.2, 0) is 13.1 Å². The molecule has 0 amide bonds. The van der Waals surface area contributed by atoms with Crippen molar-refractivity contribution >= 4 is 52.6 Å². The van der Waals surface area contributed by atoms with Gasteiger partial charge in [0.1, 0.15) is 5.01 Å². The van der Waals surface area contributed by atoms with Gasteiger partial charge in [-0.15, -0.1) is 46.7 Å². The topological polar surface area (TPSA) is 49.3 Å². The Morgan fingerprint density at radius 1 is 1.27 bits per heavy atom. The van der Waals surface area contributed by atoms with Crippen LogP contribution in [0.4, 0.5) is 0 Å². The maximum atomic E-state index is 4.62. The number of aromatic nitrogens is 1. The molecule has 22 heavy (non-hydrogen) atoms. The normalized spacial score (nSPS) is 11.4. The molecule has 0 saturated heterocycles. The molecule has 4 nitrogen and oxygen atoms in total. The van der Waals surface area contributed by atoms with Gasteiger partial charge in [-0.2, -0.15) is 0 Å². The molecule has 0 aliphatic heterocycles. The van der Waals surface area contributed by atoms with Gasteiger partial charge in [0, 0.05) is 17.3 Å². The van der Waals surface area contributed by atoms with E-state index in [0.717, 1.165) is 23.2 Å². The smallest absolute Gasteiger partial charge is 0.191 e. The number of halogens is 1. The fourth-order valence-corrected chi connectivity index (χ4v) is 3.54. The SMILES string of the molecule is CN=C(NCc1nc(C(C)C)cs1)NCc1sccc1C.I. The van der Waals surface area contributed by atoms with Gasteiger partial charge in [0.05, 0.1) is 18.8 Å². The number of hydrogen-bond donors (Lipinski definition) is 2. The number of guanidine groups is 1. The van der Waals surface area contributed by atoms with Crippen LogP contribution in [0.2, 0.25) is 0 Å². The lowest BCUT2D eigenvalue weighted by Gasteiger charge is -2.10. The molecule has 0 unspecified atom stereocenters. The maximum absolute atomic E-state index is 4.62. The summed E-state index contributed by atoms with van der Waals surface area (Å²) in [4.78, 5) is 10.2. The van der Waals surface area contributed by atoms with Gasteiger partial charge in [0.2, 0.25) is 0 Å². The zero-order chi connectivity index (χ0) is 15.2. The lowest BCUT2D eigenvalue weighted by molar-refractivity contribution is 0.787. The van der Waals surface area contributed by atoms with Crippen molar-refractivity contribution in [1.82, 2.24) is 15.6 Å². The van der Waals surface area contributed by atoms with Crippen molar-refractivity contribution in [2.75, 3.05) is 7.05 Å². The summed E-state index contributed by atoms with van der Waals surface area (Å²) < 4.78 is 0. The molecular weight excluding hydrogens is 427 g/mol. The first kappa shape index (κ1) is 19.4. The molecule has 2 aromatic rings. The molecule has 0 atom stereocenters. The number of thiazole rings is 1. The summed E-state index contributed by atoms with van der Waals surface area (Å²) in [7, 11) is 1.79. The summed E-state index contributed by atoms with van der Waals surface area (Å²) in [5, 5.41) is 12.0. The Morgan fingerprint density at radius 3 is 2.55 bits per heavy atom. The fraction of sp³-hybridized carbons (Fsp3) is 0.467. The highest BCUT2D eigenvalue weighted by Crippen LogP contribution is 2.17. The van der Waals surface area contributed by atoms with Crippen molar-refractivity contribution in [2.45, 2.75) is 39.8 Å². The van der Waals surface area contributed by atoms with Crippen molar-refractivity contribution in [1.29, 1.82) is 0 Å². The minimum absolute atomic E-state index is 0. The Morgan fingerprint density at radius 2 is 2.00 bits per heavy atom. The monoisotopic (exact) mass is 450 g/mol. The van der Waals surface area contributed by atoms with E-state index in [2.05, 4.69) is 58.2 Å². The molecular formula is C15H23IN4S2. The second kappa shape index (κ2) is 9.46. The quantitative estimate of drug-likeness (QED) is 0.410. The first-order valence-electron chi connectivity index (χ1n) is 7.02. The van der Waals surface area contributed by atoms with Crippen LogP contribution in [0.3, 0.4) is 0 Å². The van der Waals surface area contributed by atoms with Crippen molar-refractivity contribution in [3.8, 4) is 0 Å². The molecule has 0 aromatic carbocycles. The number of aliphatic imine (C=N–C) groups is 1. The lowest BCUT2D eigenvalue weighted by atomic mass is 10.2. The number of aryl methyl sites for hydroxylation is 1. The predicted molar refractivity (Wildman–Crippen MR) is 108 cm³/mol. The van der Waals surface area contributed by atoms with Crippen molar-refractivity contribution < 1.29 is 0 Å². The third-order valence-electron chi connectivity index (χ3n) is 3.18. The first-order chi connectivity index (χ1) is 10.1. The van der Waals surface area contributed by atoms with Crippen molar-refractivity contribution in [3.63, 3.8) is 0 Å². The van der Waals surface area contributed by atoms with Gasteiger partial charge in [-0.1, -0.05) is 13.8 Å². The Labute approximate surface area is 157 Å². The largest absolute Gasteiger partial charge is 0.352 e. The van der Waals surface area contributed by atoms with Gasteiger partial charge >= 0.3 is 0 Å². The van der Waals surface area contributed by atoms with E-state index in [-0.39, 0.29) is 24.0 Å².